The molecule has 0 heterocycles. The minimum absolute atomic E-state index is 0. The number of rotatable bonds is 2. The maximum atomic E-state index is 11.2. The molecule has 2 nitrogen and oxygen atoms in total. The molecule has 0 aliphatic carbocycles. The van der Waals surface area contributed by atoms with Crippen LogP contribution >= 0.6 is 0 Å². The third-order valence-electron chi connectivity index (χ3n) is 1.57. The first-order valence-corrected chi connectivity index (χ1v) is 4.06. The van der Waals surface area contributed by atoms with Crippen LogP contribution in [0.25, 0.3) is 0 Å². The Hall–Kier alpha value is -1.31. The summed E-state index contributed by atoms with van der Waals surface area (Å²) >= 11 is 0. The zero-order chi connectivity index (χ0) is 8.97. The quantitative estimate of drug-likeness (QED) is 0.716. The van der Waals surface area contributed by atoms with E-state index in [-0.39, 0.29) is 13.3 Å². The number of amides is 1. The number of carbonyl (C=O) groups excluding carboxylic acids is 1. The largest absolute Gasteiger partial charge is 0.326 e. The second kappa shape index (κ2) is 3.90. The van der Waals surface area contributed by atoms with Gasteiger partial charge in [-0.3, -0.25) is 4.79 Å². The molecule has 1 aromatic carbocycles. The van der Waals surface area contributed by atoms with Crippen molar-refractivity contribution in [1.82, 2.24) is 0 Å². The molecule has 0 saturated carbocycles. The molecule has 0 saturated heterocycles. The fraction of sp³-hybridized carbons (Fsp3) is 0.300. The number of benzene rings is 1. The minimum Gasteiger partial charge on any atom is -0.326 e. The molecule has 0 unspecified atom stereocenters. The lowest BCUT2D eigenvalue weighted by Crippen LogP contribution is -2.17. The molecule has 1 N–H and O–H groups in total. The van der Waals surface area contributed by atoms with Crippen molar-refractivity contribution >= 4 is 11.6 Å². The van der Waals surface area contributed by atoms with E-state index in [1.807, 2.05) is 44.2 Å². The van der Waals surface area contributed by atoms with Crippen LogP contribution in [0, 0.1) is 5.92 Å². The molecule has 12 heavy (non-hydrogen) atoms. The molecular formula is C10H15NO. The fourth-order valence-electron chi connectivity index (χ4n) is 0.808. The van der Waals surface area contributed by atoms with E-state index in [1.54, 1.807) is 0 Å². The van der Waals surface area contributed by atoms with Crippen molar-refractivity contribution in [3.8, 4) is 0 Å². The smallest absolute Gasteiger partial charge is 0.226 e. The molecule has 0 radical (unpaired) electrons. The summed E-state index contributed by atoms with van der Waals surface area (Å²) < 4.78 is 0. The molecule has 0 spiro atoms. The summed E-state index contributed by atoms with van der Waals surface area (Å²) in [5.41, 5.74) is 0.858. The molecule has 0 aliphatic rings. The van der Waals surface area contributed by atoms with Crippen LogP contribution in [0.5, 0.6) is 0 Å². The maximum Gasteiger partial charge on any atom is 0.226 e. The normalized spacial score (nSPS) is 9.92. The van der Waals surface area contributed by atoms with Gasteiger partial charge in [-0.15, -0.1) is 0 Å². The molecule has 1 aromatic rings. The van der Waals surface area contributed by atoms with Crippen molar-refractivity contribution < 1.29 is 6.22 Å². The molecule has 66 valence electrons. The van der Waals surface area contributed by atoms with Gasteiger partial charge in [-0.05, 0) is 12.1 Å². The van der Waals surface area contributed by atoms with Gasteiger partial charge in [0, 0.05) is 13.0 Å². The molecule has 0 fully saturated rings. The number of hydrogen-bond donors (Lipinski definition) is 1. The Morgan fingerprint density at radius 2 is 1.92 bits per heavy atom. The summed E-state index contributed by atoms with van der Waals surface area (Å²) in [6, 6.07) is 9.47. The Morgan fingerprint density at radius 3 is 2.42 bits per heavy atom. The summed E-state index contributed by atoms with van der Waals surface area (Å²) in [7, 11) is 0. The predicted molar refractivity (Wildman–Crippen MR) is 52.0 cm³/mol. The molecule has 0 aromatic heterocycles. The molecule has 0 atom stereocenters. The van der Waals surface area contributed by atoms with Gasteiger partial charge < -0.3 is 5.32 Å². The summed E-state index contributed by atoms with van der Waals surface area (Å²) in [5.74, 6) is 0.0893. The zero-order valence-corrected chi connectivity index (χ0v) is 7.37. The van der Waals surface area contributed by atoms with E-state index in [0.29, 0.717) is 0 Å². The number of nitrogens with one attached hydrogen (secondary N) is 1. The first-order chi connectivity index (χ1) is 5.70. The van der Waals surface area contributed by atoms with Gasteiger partial charge in [0.1, 0.15) is 0 Å². The third kappa shape index (κ3) is 2.38. The van der Waals surface area contributed by atoms with E-state index >= 15 is 0 Å². The topological polar surface area (TPSA) is 29.1 Å². The van der Waals surface area contributed by atoms with Gasteiger partial charge in [-0.2, -0.15) is 0 Å². The number of hydrogen-bond acceptors (Lipinski definition) is 1. The Morgan fingerprint density at radius 1 is 1.33 bits per heavy atom. The van der Waals surface area contributed by atoms with Gasteiger partial charge >= 0.3 is 0 Å². The van der Waals surface area contributed by atoms with Crippen molar-refractivity contribution in [3.63, 3.8) is 0 Å². The second-order valence-electron chi connectivity index (χ2n) is 3.01. The van der Waals surface area contributed by atoms with E-state index in [1.165, 1.54) is 0 Å². The fourth-order valence-corrected chi connectivity index (χ4v) is 0.808. The van der Waals surface area contributed by atoms with Crippen LogP contribution in [0.2, 0.25) is 0 Å². The standard InChI is InChI=1S/C10H13NO.H2/c1-8(2)10(12)11-9-6-4-3-5-7-9;/h3-8H,1-2H3,(H,11,12);1H. The van der Waals surface area contributed by atoms with Gasteiger partial charge in [-0.1, -0.05) is 32.0 Å². The van der Waals surface area contributed by atoms with E-state index in [4.69, 9.17) is 0 Å². The van der Waals surface area contributed by atoms with Crippen LogP contribution in [0.4, 0.5) is 5.69 Å². The SMILES string of the molecule is CC(C)C(=O)Nc1ccccc1.[HH]. The van der Waals surface area contributed by atoms with E-state index in [2.05, 4.69) is 5.32 Å². The highest BCUT2D eigenvalue weighted by Gasteiger charge is 2.05. The van der Waals surface area contributed by atoms with Crippen LogP contribution in [-0.2, 0) is 4.79 Å². The lowest BCUT2D eigenvalue weighted by molar-refractivity contribution is -0.118. The van der Waals surface area contributed by atoms with Crippen molar-refractivity contribution in [2.45, 2.75) is 13.8 Å². The molecular weight excluding hydrogens is 150 g/mol. The highest BCUT2D eigenvalue weighted by atomic mass is 16.1. The number of anilines is 1. The first-order valence-electron chi connectivity index (χ1n) is 4.06. The molecule has 0 aliphatic heterocycles. The molecule has 1 amide bonds. The average molecular weight is 165 g/mol. The van der Waals surface area contributed by atoms with E-state index < -0.39 is 0 Å². The average Bonchev–Trinajstić information content (AvgIpc) is 2.06. The monoisotopic (exact) mass is 165 g/mol. The molecule has 2 heteroatoms. The van der Waals surface area contributed by atoms with E-state index in [0.717, 1.165) is 5.69 Å². The van der Waals surface area contributed by atoms with Crippen molar-refractivity contribution in [3.05, 3.63) is 30.3 Å². The van der Waals surface area contributed by atoms with Crippen LogP contribution < -0.4 is 5.32 Å². The summed E-state index contributed by atoms with van der Waals surface area (Å²) in [6.45, 7) is 3.75. The van der Waals surface area contributed by atoms with Crippen molar-refractivity contribution in [1.29, 1.82) is 0 Å². The maximum absolute atomic E-state index is 11.2. The van der Waals surface area contributed by atoms with Crippen LogP contribution in [0.15, 0.2) is 30.3 Å². The molecule has 0 bridgehead atoms. The highest BCUT2D eigenvalue weighted by Crippen LogP contribution is 2.06. The zero-order valence-electron chi connectivity index (χ0n) is 7.37. The number of para-hydroxylation sites is 1. The Labute approximate surface area is 74.1 Å². The van der Waals surface area contributed by atoms with Crippen LogP contribution in [-0.4, -0.2) is 5.91 Å². The Balaban J connectivity index is 0.00000144. The van der Waals surface area contributed by atoms with Crippen molar-refractivity contribution in [2.75, 3.05) is 5.32 Å². The first kappa shape index (κ1) is 8.78. The van der Waals surface area contributed by atoms with Gasteiger partial charge in [0.2, 0.25) is 5.91 Å². The third-order valence-corrected chi connectivity index (χ3v) is 1.57. The lowest BCUT2D eigenvalue weighted by atomic mass is 10.2. The van der Waals surface area contributed by atoms with Crippen LogP contribution in [0.3, 0.4) is 0 Å². The minimum atomic E-state index is 0. The predicted octanol–water partition coefficient (Wildman–Crippen LogP) is 2.53. The van der Waals surface area contributed by atoms with E-state index in [9.17, 15) is 4.79 Å². The Bertz CT molecular complexity index is 259. The lowest BCUT2D eigenvalue weighted by Gasteiger charge is -2.06. The highest BCUT2D eigenvalue weighted by molar-refractivity contribution is 5.91. The second-order valence-corrected chi connectivity index (χ2v) is 3.01. The van der Waals surface area contributed by atoms with Gasteiger partial charge in [-0.25, -0.2) is 0 Å². The van der Waals surface area contributed by atoms with Gasteiger partial charge in [0.05, 0.1) is 0 Å². The summed E-state index contributed by atoms with van der Waals surface area (Å²) in [4.78, 5) is 11.2. The summed E-state index contributed by atoms with van der Waals surface area (Å²) in [5, 5.41) is 2.80. The van der Waals surface area contributed by atoms with Crippen LogP contribution in [0.1, 0.15) is 15.3 Å². The number of carbonyl (C=O) groups is 1. The van der Waals surface area contributed by atoms with Crippen molar-refractivity contribution in [2.24, 2.45) is 5.92 Å². The van der Waals surface area contributed by atoms with Gasteiger partial charge in [0.15, 0.2) is 0 Å². The molecule has 1 rings (SSSR count). The van der Waals surface area contributed by atoms with Gasteiger partial charge in [0.25, 0.3) is 0 Å². The summed E-state index contributed by atoms with van der Waals surface area (Å²) in [6.07, 6.45) is 0. The Kier molecular flexibility index (Phi) is 2.86.